The molecule has 0 spiro atoms. The fourth-order valence-corrected chi connectivity index (χ4v) is 4.29. The van der Waals surface area contributed by atoms with Crippen LogP contribution in [0.3, 0.4) is 0 Å². The predicted molar refractivity (Wildman–Crippen MR) is 78.7 cm³/mol. The molecule has 4 atom stereocenters. The van der Waals surface area contributed by atoms with Crippen LogP contribution in [0.25, 0.3) is 0 Å². The molecule has 4 unspecified atom stereocenters. The lowest BCUT2D eigenvalue weighted by Crippen LogP contribution is -2.45. The van der Waals surface area contributed by atoms with Crippen LogP contribution in [-0.2, 0) is 0 Å². The average molecular weight is 252 g/mol. The molecule has 2 fully saturated rings. The molecule has 106 valence electrons. The molecule has 2 aliphatic carbocycles. The van der Waals surface area contributed by atoms with Crippen molar-refractivity contribution in [2.45, 2.75) is 52.5 Å². The summed E-state index contributed by atoms with van der Waals surface area (Å²) in [6.45, 7) is 9.58. The van der Waals surface area contributed by atoms with Gasteiger partial charge in [-0.3, -0.25) is 0 Å². The van der Waals surface area contributed by atoms with Crippen LogP contribution in [-0.4, -0.2) is 38.1 Å². The number of rotatable bonds is 6. The van der Waals surface area contributed by atoms with Gasteiger partial charge in [-0.2, -0.15) is 0 Å². The summed E-state index contributed by atoms with van der Waals surface area (Å²) < 4.78 is 0. The molecule has 2 bridgehead atoms. The Labute approximate surface area is 114 Å². The standard InChI is InChI=1S/C16H32N2/c1-12(17-4)16(2,3)11-18(5)10-15-9-13-6-7-14(15)8-13/h12-15,17H,6-11H2,1-5H3. The zero-order chi connectivity index (χ0) is 13.3. The fourth-order valence-electron chi connectivity index (χ4n) is 4.29. The van der Waals surface area contributed by atoms with E-state index < -0.39 is 0 Å². The second kappa shape index (κ2) is 5.50. The topological polar surface area (TPSA) is 15.3 Å². The van der Waals surface area contributed by atoms with Gasteiger partial charge in [0.2, 0.25) is 0 Å². The van der Waals surface area contributed by atoms with E-state index in [0.29, 0.717) is 11.5 Å². The third-order valence-corrected chi connectivity index (χ3v) is 5.71. The van der Waals surface area contributed by atoms with E-state index in [1.54, 1.807) is 0 Å². The van der Waals surface area contributed by atoms with Crippen molar-refractivity contribution in [3.63, 3.8) is 0 Å². The zero-order valence-corrected chi connectivity index (χ0v) is 13.0. The molecule has 2 saturated carbocycles. The molecule has 0 heterocycles. The summed E-state index contributed by atoms with van der Waals surface area (Å²) in [6.07, 6.45) is 6.08. The molecule has 0 aromatic carbocycles. The largest absolute Gasteiger partial charge is 0.317 e. The van der Waals surface area contributed by atoms with Gasteiger partial charge in [0.15, 0.2) is 0 Å². The number of nitrogens with one attached hydrogen (secondary N) is 1. The molecular weight excluding hydrogens is 220 g/mol. The third-order valence-electron chi connectivity index (χ3n) is 5.71. The molecule has 0 saturated heterocycles. The average Bonchev–Trinajstić information content (AvgIpc) is 2.88. The predicted octanol–water partition coefficient (Wildman–Crippen LogP) is 2.99. The number of hydrogen-bond acceptors (Lipinski definition) is 2. The summed E-state index contributed by atoms with van der Waals surface area (Å²) >= 11 is 0. The van der Waals surface area contributed by atoms with Crippen molar-refractivity contribution in [1.29, 1.82) is 0 Å². The fraction of sp³-hybridized carbons (Fsp3) is 1.00. The van der Waals surface area contributed by atoms with Gasteiger partial charge in [-0.15, -0.1) is 0 Å². The number of hydrogen-bond donors (Lipinski definition) is 1. The SMILES string of the molecule is CNC(C)C(C)(C)CN(C)CC1CC2CCC1C2. The van der Waals surface area contributed by atoms with Crippen LogP contribution in [0.4, 0.5) is 0 Å². The molecule has 0 aromatic rings. The summed E-state index contributed by atoms with van der Waals surface area (Å²) in [5.74, 6) is 3.13. The highest BCUT2D eigenvalue weighted by Crippen LogP contribution is 2.48. The molecular formula is C16H32N2. The summed E-state index contributed by atoms with van der Waals surface area (Å²) in [5, 5.41) is 3.40. The van der Waals surface area contributed by atoms with Crippen molar-refractivity contribution < 1.29 is 0 Å². The van der Waals surface area contributed by atoms with E-state index in [4.69, 9.17) is 0 Å². The van der Waals surface area contributed by atoms with Gasteiger partial charge in [-0.05, 0) is 63.5 Å². The second-order valence-corrected chi connectivity index (χ2v) is 7.63. The van der Waals surface area contributed by atoms with E-state index in [1.165, 1.54) is 38.8 Å². The van der Waals surface area contributed by atoms with Crippen molar-refractivity contribution >= 4 is 0 Å². The lowest BCUT2D eigenvalue weighted by Gasteiger charge is -2.37. The van der Waals surface area contributed by atoms with E-state index in [-0.39, 0.29) is 0 Å². The summed E-state index contributed by atoms with van der Waals surface area (Å²) in [7, 11) is 4.39. The van der Waals surface area contributed by atoms with Crippen molar-refractivity contribution in [2.24, 2.45) is 23.2 Å². The van der Waals surface area contributed by atoms with Crippen LogP contribution in [0.5, 0.6) is 0 Å². The van der Waals surface area contributed by atoms with E-state index in [9.17, 15) is 0 Å². The molecule has 0 aromatic heterocycles. The van der Waals surface area contributed by atoms with Gasteiger partial charge < -0.3 is 10.2 Å². The van der Waals surface area contributed by atoms with Crippen molar-refractivity contribution in [3.05, 3.63) is 0 Å². The monoisotopic (exact) mass is 252 g/mol. The maximum absolute atomic E-state index is 3.40. The van der Waals surface area contributed by atoms with Gasteiger partial charge in [0.05, 0.1) is 0 Å². The van der Waals surface area contributed by atoms with Crippen LogP contribution in [0, 0.1) is 23.2 Å². The minimum atomic E-state index is 0.348. The molecule has 2 aliphatic rings. The Morgan fingerprint density at radius 3 is 2.50 bits per heavy atom. The van der Waals surface area contributed by atoms with E-state index in [2.05, 4.69) is 45.1 Å². The van der Waals surface area contributed by atoms with E-state index in [0.717, 1.165) is 17.8 Å². The van der Waals surface area contributed by atoms with Crippen molar-refractivity contribution in [3.8, 4) is 0 Å². The Hall–Kier alpha value is -0.0800. The Morgan fingerprint density at radius 2 is 2.00 bits per heavy atom. The first kappa shape index (κ1) is 14.3. The molecule has 18 heavy (non-hydrogen) atoms. The zero-order valence-electron chi connectivity index (χ0n) is 13.0. The van der Waals surface area contributed by atoms with Crippen LogP contribution >= 0.6 is 0 Å². The molecule has 0 radical (unpaired) electrons. The quantitative estimate of drug-likeness (QED) is 0.782. The van der Waals surface area contributed by atoms with Gasteiger partial charge in [0, 0.05) is 19.1 Å². The van der Waals surface area contributed by atoms with Gasteiger partial charge in [0.25, 0.3) is 0 Å². The molecule has 1 N–H and O–H groups in total. The van der Waals surface area contributed by atoms with Crippen molar-refractivity contribution in [1.82, 2.24) is 10.2 Å². The van der Waals surface area contributed by atoms with E-state index in [1.807, 2.05) is 0 Å². The molecule has 2 heteroatoms. The van der Waals surface area contributed by atoms with Gasteiger partial charge in [-0.25, -0.2) is 0 Å². The van der Waals surface area contributed by atoms with Gasteiger partial charge in [0.1, 0.15) is 0 Å². The van der Waals surface area contributed by atoms with Gasteiger partial charge >= 0.3 is 0 Å². The first-order chi connectivity index (χ1) is 8.42. The summed E-state index contributed by atoms with van der Waals surface area (Å²) in [6, 6.07) is 0.569. The third kappa shape index (κ3) is 3.08. The summed E-state index contributed by atoms with van der Waals surface area (Å²) in [5.41, 5.74) is 0.348. The Morgan fingerprint density at radius 1 is 1.28 bits per heavy atom. The normalized spacial score (nSPS) is 33.3. The number of fused-ring (bicyclic) bond motifs is 2. The van der Waals surface area contributed by atoms with Crippen LogP contribution in [0.15, 0.2) is 0 Å². The molecule has 2 rings (SSSR count). The molecule has 0 amide bonds. The summed E-state index contributed by atoms with van der Waals surface area (Å²) in [4.78, 5) is 2.58. The minimum absolute atomic E-state index is 0.348. The number of nitrogens with zero attached hydrogens (tertiary/aromatic N) is 1. The first-order valence-corrected chi connectivity index (χ1v) is 7.78. The van der Waals surface area contributed by atoms with Crippen LogP contribution in [0.1, 0.15) is 46.5 Å². The lowest BCUT2D eigenvalue weighted by molar-refractivity contribution is 0.138. The second-order valence-electron chi connectivity index (χ2n) is 7.63. The first-order valence-electron chi connectivity index (χ1n) is 7.78. The molecule has 2 nitrogen and oxygen atoms in total. The lowest BCUT2D eigenvalue weighted by atomic mass is 9.84. The van der Waals surface area contributed by atoms with E-state index >= 15 is 0 Å². The van der Waals surface area contributed by atoms with Gasteiger partial charge in [-0.1, -0.05) is 20.3 Å². The highest BCUT2D eigenvalue weighted by atomic mass is 15.1. The van der Waals surface area contributed by atoms with Crippen LogP contribution in [0.2, 0.25) is 0 Å². The Kier molecular flexibility index (Phi) is 4.38. The minimum Gasteiger partial charge on any atom is -0.317 e. The maximum Gasteiger partial charge on any atom is 0.00991 e. The highest BCUT2D eigenvalue weighted by Gasteiger charge is 2.40. The molecule has 0 aliphatic heterocycles. The van der Waals surface area contributed by atoms with Crippen molar-refractivity contribution in [2.75, 3.05) is 27.2 Å². The smallest absolute Gasteiger partial charge is 0.00991 e. The maximum atomic E-state index is 3.40. The Balaban J connectivity index is 1.80. The van der Waals surface area contributed by atoms with Crippen LogP contribution < -0.4 is 5.32 Å². The Bertz CT molecular complexity index is 274. The highest BCUT2D eigenvalue weighted by molar-refractivity contribution is 4.92.